The van der Waals surface area contributed by atoms with Crippen molar-refractivity contribution in [2.45, 2.75) is 45.9 Å². The first kappa shape index (κ1) is 14.2. The molecule has 0 saturated heterocycles. The first-order valence-electron chi connectivity index (χ1n) is 6.94. The predicted octanol–water partition coefficient (Wildman–Crippen LogP) is 1.88. The number of rotatable bonds is 6. The summed E-state index contributed by atoms with van der Waals surface area (Å²) >= 11 is 0. The van der Waals surface area contributed by atoms with Gasteiger partial charge in [-0.15, -0.1) is 0 Å². The van der Waals surface area contributed by atoms with E-state index < -0.39 is 0 Å². The van der Waals surface area contributed by atoms with Gasteiger partial charge in [0, 0.05) is 30.6 Å². The molecule has 0 radical (unpaired) electrons. The fourth-order valence-electron chi connectivity index (χ4n) is 2.33. The minimum Gasteiger partial charge on any atom is -0.494 e. The van der Waals surface area contributed by atoms with Gasteiger partial charge in [0.05, 0.1) is 12.7 Å². The molecule has 2 N–H and O–H groups in total. The zero-order chi connectivity index (χ0) is 13.8. The predicted molar refractivity (Wildman–Crippen MR) is 74.8 cm³/mol. The monoisotopic (exact) mass is 265 g/mol. The van der Waals surface area contributed by atoms with Gasteiger partial charge < -0.3 is 19.9 Å². The molecule has 1 aromatic rings. The zero-order valence-electron chi connectivity index (χ0n) is 11.9. The molecule has 0 aliphatic carbocycles. The van der Waals surface area contributed by atoms with Crippen molar-refractivity contribution in [3.8, 4) is 11.5 Å². The van der Waals surface area contributed by atoms with Crippen molar-refractivity contribution >= 4 is 0 Å². The second kappa shape index (κ2) is 6.26. The molecule has 0 bridgehead atoms. The van der Waals surface area contributed by atoms with Crippen molar-refractivity contribution in [2.75, 3.05) is 13.2 Å². The Hall–Kier alpha value is -1.26. The van der Waals surface area contributed by atoms with Gasteiger partial charge in [-0.25, -0.2) is 0 Å². The number of ether oxygens (including phenoxy) is 2. The van der Waals surface area contributed by atoms with Crippen LogP contribution >= 0.6 is 0 Å². The molecule has 4 nitrogen and oxygen atoms in total. The summed E-state index contributed by atoms with van der Waals surface area (Å²) in [6.45, 7) is 7.72. The number of hydrogen-bond donors (Lipinski definition) is 2. The highest BCUT2D eigenvalue weighted by Crippen LogP contribution is 2.35. The van der Waals surface area contributed by atoms with Gasteiger partial charge >= 0.3 is 0 Å². The van der Waals surface area contributed by atoms with Crippen LogP contribution in [0.15, 0.2) is 12.1 Å². The van der Waals surface area contributed by atoms with Crippen LogP contribution in [-0.4, -0.2) is 30.5 Å². The average molecular weight is 265 g/mol. The lowest BCUT2D eigenvalue weighted by Gasteiger charge is -2.14. The summed E-state index contributed by atoms with van der Waals surface area (Å²) in [5.41, 5.74) is 2.30. The summed E-state index contributed by atoms with van der Waals surface area (Å²) in [6.07, 6.45) is 0.836. The highest BCUT2D eigenvalue weighted by atomic mass is 16.5. The first-order valence-corrected chi connectivity index (χ1v) is 6.94. The molecular formula is C15H23NO3. The number of benzene rings is 1. The first-order chi connectivity index (χ1) is 9.10. The maximum Gasteiger partial charge on any atom is 0.124 e. The smallest absolute Gasteiger partial charge is 0.124 e. The molecule has 0 fully saturated rings. The van der Waals surface area contributed by atoms with Crippen molar-refractivity contribution in [2.24, 2.45) is 0 Å². The maximum atomic E-state index is 9.27. The molecule has 0 amide bonds. The van der Waals surface area contributed by atoms with Crippen LogP contribution in [0.1, 0.15) is 31.9 Å². The Morgan fingerprint density at radius 1 is 1.53 bits per heavy atom. The van der Waals surface area contributed by atoms with Crippen LogP contribution in [0.5, 0.6) is 11.5 Å². The van der Waals surface area contributed by atoms with Gasteiger partial charge in [-0.3, -0.25) is 0 Å². The Labute approximate surface area is 114 Å². The largest absolute Gasteiger partial charge is 0.494 e. The number of nitrogens with one attached hydrogen (secondary N) is 1. The minimum absolute atomic E-state index is 0.241. The lowest BCUT2D eigenvalue weighted by molar-refractivity contribution is 0.190. The van der Waals surface area contributed by atoms with Gasteiger partial charge in [-0.05, 0) is 32.9 Å². The van der Waals surface area contributed by atoms with E-state index in [9.17, 15) is 5.11 Å². The summed E-state index contributed by atoms with van der Waals surface area (Å²) in [7, 11) is 0. The molecular weight excluding hydrogens is 242 g/mol. The zero-order valence-corrected chi connectivity index (χ0v) is 11.9. The van der Waals surface area contributed by atoms with Crippen LogP contribution in [0.3, 0.4) is 0 Å². The fraction of sp³-hybridized carbons (Fsp3) is 0.600. The van der Waals surface area contributed by atoms with Gasteiger partial charge in [0.15, 0.2) is 0 Å². The summed E-state index contributed by atoms with van der Waals surface area (Å²) < 4.78 is 11.5. The van der Waals surface area contributed by atoms with E-state index >= 15 is 0 Å². The molecule has 1 aliphatic rings. The number of hydrogen-bond acceptors (Lipinski definition) is 4. The molecule has 2 rings (SSSR count). The molecule has 106 valence electrons. The Bertz CT molecular complexity index is 432. The Morgan fingerprint density at radius 3 is 3.00 bits per heavy atom. The molecule has 0 spiro atoms. The van der Waals surface area contributed by atoms with Gasteiger partial charge in [0.2, 0.25) is 0 Å². The van der Waals surface area contributed by atoms with E-state index in [1.54, 1.807) is 6.92 Å². The fourth-order valence-corrected chi connectivity index (χ4v) is 2.33. The third-order valence-corrected chi connectivity index (χ3v) is 3.13. The van der Waals surface area contributed by atoms with Crippen LogP contribution in [0.2, 0.25) is 0 Å². The summed E-state index contributed by atoms with van der Waals surface area (Å²) in [6, 6.07) is 4.14. The van der Waals surface area contributed by atoms with Crippen LogP contribution in [0.4, 0.5) is 0 Å². The van der Waals surface area contributed by atoms with Crippen molar-refractivity contribution in [1.29, 1.82) is 0 Å². The molecule has 0 unspecified atom stereocenters. The second-order valence-electron chi connectivity index (χ2n) is 5.11. The van der Waals surface area contributed by atoms with Gasteiger partial charge in [0.1, 0.15) is 17.6 Å². The minimum atomic E-state index is -0.346. The van der Waals surface area contributed by atoms with Crippen LogP contribution in [0.25, 0.3) is 0 Å². The highest BCUT2D eigenvalue weighted by Gasteiger charge is 2.21. The van der Waals surface area contributed by atoms with Crippen molar-refractivity contribution in [3.63, 3.8) is 0 Å². The maximum absolute atomic E-state index is 9.27. The molecule has 1 aliphatic heterocycles. The van der Waals surface area contributed by atoms with Gasteiger partial charge in [-0.2, -0.15) is 0 Å². The standard InChI is InChI=1S/C15H23NO3/c1-4-18-14-6-12-5-11(3)19-15(12)7-13(14)9-16-8-10(2)17/h6-7,10-11,16-17H,4-5,8-9H2,1-3H3/t10-,11-/m1/s1. The number of aliphatic hydroxyl groups is 1. The molecule has 0 aromatic heterocycles. The van der Waals surface area contributed by atoms with Gasteiger partial charge in [-0.1, -0.05) is 0 Å². The summed E-state index contributed by atoms with van der Waals surface area (Å²) in [4.78, 5) is 0. The van der Waals surface area contributed by atoms with Crippen molar-refractivity contribution in [3.05, 3.63) is 23.3 Å². The molecule has 19 heavy (non-hydrogen) atoms. The highest BCUT2D eigenvalue weighted by molar-refractivity contribution is 5.48. The van der Waals surface area contributed by atoms with E-state index in [0.29, 0.717) is 19.7 Å². The quantitative estimate of drug-likeness (QED) is 0.824. The summed E-state index contributed by atoms with van der Waals surface area (Å²) in [5, 5.41) is 12.5. The number of aliphatic hydroxyl groups excluding tert-OH is 1. The van der Waals surface area contributed by atoms with Gasteiger partial charge in [0.25, 0.3) is 0 Å². The molecule has 2 atom stereocenters. The lowest BCUT2D eigenvalue weighted by Crippen LogP contribution is -2.24. The molecule has 1 heterocycles. The molecule has 4 heteroatoms. The van der Waals surface area contributed by atoms with E-state index in [1.807, 2.05) is 6.92 Å². The van der Waals surface area contributed by atoms with E-state index in [1.165, 1.54) is 5.56 Å². The van der Waals surface area contributed by atoms with E-state index in [4.69, 9.17) is 9.47 Å². The van der Waals surface area contributed by atoms with Crippen LogP contribution < -0.4 is 14.8 Å². The van der Waals surface area contributed by atoms with Crippen LogP contribution in [-0.2, 0) is 13.0 Å². The van der Waals surface area contributed by atoms with Crippen molar-refractivity contribution < 1.29 is 14.6 Å². The van der Waals surface area contributed by atoms with E-state index in [0.717, 1.165) is 23.5 Å². The topological polar surface area (TPSA) is 50.7 Å². The lowest BCUT2D eigenvalue weighted by atomic mass is 10.1. The SMILES string of the molecule is CCOc1cc2c(cc1CNC[C@@H](C)O)O[C@H](C)C2. The summed E-state index contributed by atoms with van der Waals surface area (Å²) in [5.74, 6) is 1.88. The Morgan fingerprint density at radius 2 is 2.32 bits per heavy atom. The average Bonchev–Trinajstić information content (AvgIpc) is 2.68. The van der Waals surface area contributed by atoms with E-state index in [2.05, 4.69) is 24.4 Å². The Balaban J connectivity index is 2.13. The molecule has 0 saturated carbocycles. The van der Waals surface area contributed by atoms with Crippen LogP contribution in [0, 0.1) is 0 Å². The Kier molecular flexibility index (Phi) is 4.66. The normalized spacial score (nSPS) is 18.8. The number of fused-ring (bicyclic) bond motifs is 1. The van der Waals surface area contributed by atoms with Crippen molar-refractivity contribution in [1.82, 2.24) is 5.32 Å². The third-order valence-electron chi connectivity index (χ3n) is 3.13. The molecule has 1 aromatic carbocycles. The second-order valence-corrected chi connectivity index (χ2v) is 5.11. The van der Waals surface area contributed by atoms with E-state index in [-0.39, 0.29) is 12.2 Å². The third kappa shape index (κ3) is 3.61.